The summed E-state index contributed by atoms with van der Waals surface area (Å²) in [5.74, 6) is 6.61. The van der Waals surface area contributed by atoms with Gasteiger partial charge in [-0.3, -0.25) is 0 Å². The molecule has 0 atom stereocenters. The van der Waals surface area contributed by atoms with Gasteiger partial charge < -0.3 is 9.47 Å². The molecule has 168 valence electrons. The topological polar surface area (TPSA) is 61.3 Å². The van der Waals surface area contributed by atoms with Crippen LogP contribution in [0.5, 0.6) is 5.75 Å². The second kappa shape index (κ2) is 10.8. The summed E-state index contributed by atoms with van der Waals surface area (Å²) in [5, 5.41) is 8.18. The van der Waals surface area contributed by atoms with Crippen LogP contribution in [-0.4, -0.2) is 29.9 Å². The zero-order valence-electron chi connectivity index (χ0n) is 19.1. The Balaban J connectivity index is 1.59. The lowest BCUT2D eigenvalue weighted by atomic mass is 9.90. The quantitative estimate of drug-likeness (QED) is 0.382. The van der Waals surface area contributed by atoms with Crippen molar-refractivity contribution >= 4 is 5.97 Å². The molecule has 1 aliphatic rings. The Morgan fingerprint density at radius 1 is 1.00 bits per heavy atom. The number of nitrogens with zero attached hydrogens (tertiary/aromatic N) is 2. The standard InChI is InChI=1S/C28H28N2O3/c1-20-22(14-9-15-25(20)23-12-7-4-8-13-23)16-17-24-18-26(27(30-29-24)28(31)32-2)33-19-21-10-5-3-6-11-21/h4,7-9,12-15,18,21H,3,5-6,10-11,19H2,1-2H3. The third-order valence-electron chi connectivity index (χ3n) is 6.08. The molecule has 4 rings (SSSR count). The molecule has 1 saturated carbocycles. The molecular formula is C28H28N2O3. The van der Waals surface area contributed by atoms with Crippen LogP contribution in [0.1, 0.15) is 59.4 Å². The van der Waals surface area contributed by atoms with Crippen LogP contribution in [0, 0.1) is 24.7 Å². The van der Waals surface area contributed by atoms with Crippen LogP contribution in [0.3, 0.4) is 0 Å². The average Bonchev–Trinajstić information content (AvgIpc) is 2.87. The molecule has 1 fully saturated rings. The highest BCUT2D eigenvalue weighted by Crippen LogP contribution is 2.27. The first-order chi connectivity index (χ1) is 16.2. The van der Waals surface area contributed by atoms with Gasteiger partial charge in [-0.1, -0.05) is 67.6 Å². The van der Waals surface area contributed by atoms with Crippen LogP contribution < -0.4 is 4.74 Å². The normalized spacial score (nSPS) is 13.6. The highest BCUT2D eigenvalue weighted by atomic mass is 16.5. The lowest BCUT2D eigenvalue weighted by Gasteiger charge is -2.21. The second-order valence-electron chi connectivity index (χ2n) is 8.34. The summed E-state index contributed by atoms with van der Waals surface area (Å²) in [6.45, 7) is 2.62. The van der Waals surface area contributed by atoms with E-state index in [9.17, 15) is 4.79 Å². The molecule has 0 N–H and O–H groups in total. The van der Waals surface area contributed by atoms with Crippen molar-refractivity contribution in [2.75, 3.05) is 13.7 Å². The van der Waals surface area contributed by atoms with Gasteiger partial charge in [0.25, 0.3) is 0 Å². The first-order valence-corrected chi connectivity index (χ1v) is 11.4. The van der Waals surface area contributed by atoms with Crippen LogP contribution in [0.25, 0.3) is 11.1 Å². The molecule has 0 saturated heterocycles. The molecule has 5 nitrogen and oxygen atoms in total. The van der Waals surface area contributed by atoms with E-state index in [1.807, 2.05) is 30.3 Å². The van der Waals surface area contributed by atoms with E-state index in [1.54, 1.807) is 6.07 Å². The lowest BCUT2D eigenvalue weighted by molar-refractivity contribution is 0.0585. The number of benzene rings is 2. The van der Waals surface area contributed by atoms with Crippen LogP contribution in [0.4, 0.5) is 0 Å². The Bertz CT molecular complexity index is 1170. The molecule has 3 aromatic rings. The summed E-state index contributed by atoms with van der Waals surface area (Å²) < 4.78 is 10.9. The maximum Gasteiger partial charge on any atom is 0.362 e. The van der Waals surface area contributed by atoms with E-state index in [4.69, 9.17) is 9.47 Å². The van der Waals surface area contributed by atoms with E-state index in [2.05, 4.69) is 47.2 Å². The van der Waals surface area contributed by atoms with Gasteiger partial charge in [0.2, 0.25) is 5.69 Å². The van der Waals surface area contributed by atoms with Crippen LogP contribution in [0.15, 0.2) is 54.6 Å². The summed E-state index contributed by atoms with van der Waals surface area (Å²) in [7, 11) is 1.32. The van der Waals surface area contributed by atoms with E-state index < -0.39 is 5.97 Å². The van der Waals surface area contributed by atoms with Gasteiger partial charge in [-0.15, -0.1) is 10.2 Å². The highest BCUT2D eigenvalue weighted by molar-refractivity contribution is 5.90. The minimum absolute atomic E-state index is 0.0844. The monoisotopic (exact) mass is 440 g/mol. The summed E-state index contributed by atoms with van der Waals surface area (Å²) in [4.78, 5) is 12.2. The number of carbonyl (C=O) groups is 1. The Morgan fingerprint density at radius 2 is 1.79 bits per heavy atom. The molecule has 0 unspecified atom stereocenters. The predicted molar refractivity (Wildman–Crippen MR) is 128 cm³/mol. The number of hydrogen-bond donors (Lipinski definition) is 0. The third-order valence-corrected chi connectivity index (χ3v) is 6.08. The van der Waals surface area contributed by atoms with Gasteiger partial charge in [0.1, 0.15) is 5.69 Å². The Kier molecular flexibility index (Phi) is 7.36. The Hall–Kier alpha value is -3.65. The summed E-state index contributed by atoms with van der Waals surface area (Å²) >= 11 is 0. The zero-order valence-corrected chi connectivity index (χ0v) is 19.1. The maximum atomic E-state index is 12.2. The minimum atomic E-state index is -0.563. The second-order valence-corrected chi connectivity index (χ2v) is 8.34. The van der Waals surface area contributed by atoms with Crippen LogP contribution in [-0.2, 0) is 4.74 Å². The third kappa shape index (κ3) is 5.59. The van der Waals surface area contributed by atoms with E-state index in [0.717, 1.165) is 35.1 Å². The molecule has 1 aromatic heterocycles. The van der Waals surface area contributed by atoms with Gasteiger partial charge in [-0.05, 0) is 54.4 Å². The molecule has 2 aromatic carbocycles. The average molecular weight is 441 g/mol. The first kappa shape index (κ1) is 22.5. The molecule has 5 heteroatoms. The van der Waals surface area contributed by atoms with Crippen molar-refractivity contribution in [1.82, 2.24) is 10.2 Å². The van der Waals surface area contributed by atoms with E-state index in [-0.39, 0.29) is 5.69 Å². The van der Waals surface area contributed by atoms with Gasteiger partial charge in [-0.2, -0.15) is 0 Å². The van der Waals surface area contributed by atoms with Crippen molar-refractivity contribution in [3.8, 4) is 28.7 Å². The van der Waals surface area contributed by atoms with Crippen molar-refractivity contribution < 1.29 is 14.3 Å². The zero-order chi connectivity index (χ0) is 23.0. The maximum absolute atomic E-state index is 12.2. The van der Waals surface area contributed by atoms with Gasteiger partial charge in [0.05, 0.1) is 13.7 Å². The summed E-state index contributed by atoms with van der Waals surface area (Å²) in [5.41, 5.74) is 4.85. The molecule has 0 aliphatic heterocycles. The molecule has 33 heavy (non-hydrogen) atoms. The number of esters is 1. The van der Waals surface area contributed by atoms with Crippen molar-refractivity contribution in [3.05, 3.63) is 77.1 Å². The summed E-state index contributed by atoms with van der Waals surface area (Å²) in [6, 6.07) is 18.0. The molecule has 0 spiro atoms. The van der Waals surface area contributed by atoms with Gasteiger partial charge >= 0.3 is 5.97 Å². The lowest BCUT2D eigenvalue weighted by Crippen LogP contribution is -2.17. The van der Waals surface area contributed by atoms with Crippen molar-refractivity contribution in [2.24, 2.45) is 5.92 Å². The van der Waals surface area contributed by atoms with Gasteiger partial charge in [0, 0.05) is 11.6 Å². The largest absolute Gasteiger partial charge is 0.491 e. The Morgan fingerprint density at radius 3 is 2.55 bits per heavy atom. The van der Waals surface area contributed by atoms with Crippen molar-refractivity contribution in [1.29, 1.82) is 0 Å². The Labute approximate surface area is 195 Å². The van der Waals surface area contributed by atoms with E-state index >= 15 is 0 Å². The fourth-order valence-corrected chi connectivity index (χ4v) is 4.18. The van der Waals surface area contributed by atoms with Crippen molar-refractivity contribution in [3.63, 3.8) is 0 Å². The number of methoxy groups -OCH3 is 1. The number of ether oxygens (including phenoxy) is 2. The predicted octanol–water partition coefficient (Wildman–Crippen LogP) is 5.60. The van der Waals surface area contributed by atoms with Crippen LogP contribution in [0.2, 0.25) is 0 Å². The fourth-order valence-electron chi connectivity index (χ4n) is 4.18. The highest BCUT2D eigenvalue weighted by Gasteiger charge is 2.20. The van der Waals surface area contributed by atoms with Gasteiger partial charge in [-0.25, -0.2) is 4.79 Å². The number of rotatable bonds is 5. The molecular weight excluding hydrogens is 412 g/mol. The van der Waals surface area contributed by atoms with Crippen LogP contribution >= 0.6 is 0 Å². The molecule has 0 amide bonds. The number of aromatic nitrogens is 2. The van der Waals surface area contributed by atoms with E-state index in [0.29, 0.717) is 24.0 Å². The SMILES string of the molecule is COC(=O)c1nnc(C#Cc2cccc(-c3ccccc3)c2C)cc1OCC1CCCCC1. The number of hydrogen-bond acceptors (Lipinski definition) is 5. The molecule has 0 bridgehead atoms. The minimum Gasteiger partial charge on any atom is -0.491 e. The van der Waals surface area contributed by atoms with Crippen molar-refractivity contribution in [2.45, 2.75) is 39.0 Å². The van der Waals surface area contributed by atoms with E-state index in [1.165, 1.54) is 26.4 Å². The van der Waals surface area contributed by atoms with Gasteiger partial charge in [0.15, 0.2) is 5.75 Å². The molecule has 0 radical (unpaired) electrons. The summed E-state index contributed by atoms with van der Waals surface area (Å²) in [6.07, 6.45) is 6.03. The molecule has 1 aliphatic carbocycles. The smallest absolute Gasteiger partial charge is 0.362 e. The number of carbonyl (C=O) groups excluding carboxylic acids is 1. The first-order valence-electron chi connectivity index (χ1n) is 11.4. The molecule has 1 heterocycles. The fraction of sp³-hybridized carbons (Fsp3) is 0.321.